The number of benzene rings is 2. The molecule has 24 heavy (non-hydrogen) atoms. The lowest BCUT2D eigenvalue weighted by atomic mass is 10.1. The van der Waals surface area contributed by atoms with Crippen molar-refractivity contribution in [3.63, 3.8) is 0 Å². The summed E-state index contributed by atoms with van der Waals surface area (Å²) in [4.78, 5) is 9.11. The molecule has 1 heterocycles. The Bertz CT molecular complexity index is 834. The van der Waals surface area contributed by atoms with Crippen molar-refractivity contribution in [1.29, 1.82) is 0 Å². The largest absolute Gasteiger partial charge is 0.351 e. The Morgan fingerprint density at radius 3 is 2.50 bits per heavy atom. The number of aromatic nitrogens is 2. The molecule has 0 bridgehead atoms. The van der Waals surface area contributed by atoms with E-state index >= 15 is 0 Å². The highest BCUT2D eigenvalue weighted by Gasteiger charge is 2.08. The standard InChI is InChI=1S/C19H17BrN4/c1-2-12-21-19-23-17(14-8-4-3-5-9-14)13-18(24-19)22-16-11-7-6-10-15(16)20/h2-11,13H,1,12H2,(H2,21,22,23,24). The fourth-order valence-electron chi connectivity index (χ4n) is 2.21. The molecule has 0 fully saturated rings. The molecule has 120 valence electrons. The number of rotatable bonds is 6. The third kappa shape index (κ3) is 4.00. The van der Waals surface area contributed by atoms with Crippen LogP contribution in [-0.4, -0.2) is 16.5 Å². The summed E-state index contributed by atoms with van der Waals surface area (Å²) >= 11 is 3.54. The molecule has 2 aromatic carbocycles. The van der Waals surface area contributed by atoms with Gasteiger partial charge in [-0.25, -0.2) is 4.98 Å². The maximum Gasteiger partial charge on any atom is 0.225 e. The van der Waals surface area contributed by atoms with E-state index in [0.717, 1.165) is 27.2 Å². The van der Waals surface area contributed by atoms with Crippen LogP contribution >= 0.6 is 15.9 Å². The van der Waals surface area contributed by atoms with Gasteiger partial charge in [-0.15, -0.1) is 6.58 Å². The van der Waals surface area contributed by atoms with Crippen LogP contribution in [0.15, 0.2) is 77.8 Å². The molecule has 0 saturated heterocycles. The molecule has 4 nitrogen and oxygen atoms in total. The van der Waals surface area contributed by atoms with Crippen molar-refractivity contribution in [1.82, 2.24) is 9.97 Å². The molecule has 0 amide bonds. The molecule has 0 atom stereocenters. The van der Waals surface area contributed by atoms with E-state index in [0.29, 0.717) is 12.5 Å². The molecule has 1 aromatic heterocycles. The Labute approximate surface area is 149 Å². The van der Waals surface area contributed by atoms with E-state index in [1.54, 1.807) is 6.08 Å². The first-order valence-corrected chi connectivity index (χ1v) is 8.36. The second kappa shape index (κ2) is 7.75. The summed E-state index contributed by atoms with van der Waals surface area (Å²) in [6.45, 7) is 4.32. The highest BCUT2D eigenvalue weighted by Crippen LogP contribution is 2.27. The van der Waals surface area contributed by atoms with Gasteiger partial charge in [-0.2, -0.15) is 4.98 Å². The number of hydrogen-bond donors (Lipinski definition) is 2. The molecule has 0 unspecified atom stereocenters. The van der Waals surface area contributed by atoms with Crippen LogP contribution in [0.3, 0.4) is 0 Å². The number of halogens is 1. The summed E-state index contributed by atoms with van der Waals surface area (Å²) in [6.07, 6.45) is 1.78. The minimum atomic E-state index is 0.561. The van der Waals surface area contributed by atoms with Crippen LogP contribution in [0, 0.1) is 0 Å². The van der Waals surface area contributed by atoms with Crippen LogP contribution < -0.4 is 10.6 Å². The molecule has 0 saturated carbocycles. The normalized spacial score (nSPS) is 10.2. The smallest absolute Gasteiger partial charge is 0.225 e. The maximum absolute atomic E-state index is 4.58. The molecule has 0 spiro atoms. The highest BCUT2D eigenvalue weighted by molar-refractivity contribution is 9.10. The number of hydrogen-bond acceptors (Lipinski definition) is 4. The number of para-hydroxylation sites is 1. The van der Waals surface area contributed by atoms with Crippen LogP contribution in [0.5, 0.6) is 0 Å². The van der Waals surface area contributed by atoms with Crippen molar-refractivity contribution in [3.05, 3.63) is 77.8 Å². The molecule has 3 rings (SSSR count). The fraction of sp³-hybridized carbons (Fsp3) is 0.0526. The number of nitrogens with one attached hydrogen (secondary N) is 2. The lowest BCUT2D eigenvalue weighted by Gasteiger charge is -2.12. The van der Waals surface area contributed by atoms with Gasteiger partial charge in [-0.1, -0.05) is 48.5 Å². The van der Waals surface area contributed by atoms with Gasteiger partial charge in [0.25, 0.3) is 0 Å². The maximum atomic E-state index is 4.58. The van der Waals surface area contributed by atoms with Crippen molar-refractivity contribution in [3.8, 4) is 11.3 Å². The molecule has 5 heteroatoms. The zero-order valence-electron chi connectivity index (χ0n) is 13.0. The second-order valence-corrected chi connectivity index (χ2v) is 5.96. The van der Waals surface area contributed by atoms with Crippen LogP contribution in [-0.2, 0) is 0 Å². The monoisotopic (exact) mass is 380 g/mol. The summed E-state index contributed by atoms with van der Waals surface area (Å²) in [5.41, 5.74) is 2.84. The predicted octanol–water partition coefficient (Wildman–Crippen LogP) is 5.25. The van der Waals surface area contributed by atoms with Gasteiger partial charge in [0.2, 0.25) is 5.95 Å². The van der Waals surface area contributed by atoms with E-state index in [9.17, 15) is 0 Å². The molecular formula is C19H17BrN4. The molecule has 0 aliphatic rings. The average Bonchev–Trinajstić information content (AvgIpc) is 2.62. The van der Waals surface area contributed by atoms with Gasteiger partial charge in [0, 0.05) is 22.6 Å². The van der Waals surface area contributed by atoms with Gasteiger partial charge in [0.1, 0.15) is 5.82 Å². The Morgan fingerprint density at radius 2 is 1.75 bits per heavy atom. The van der Waals surface area contributed by atoms with Gasteiger partial charge < -0.3 is 10.6 Å². The van der Waals surface area contributed by atoms with Crippen LogP contribution in [0.4, 0.5) is 17.5 Å². The van der Waals surface area contributed by atoms with Crippen LogP contribution in [0.1, 0.15) is 0 Å². The van der Waals surface area contributed by atoms with E-state index in [1.807, 2.05) is 60.7 Å². The van der Waals surface area contributed by atoms with E-state index < -0.39 is 0 Å². The van der Waals surface area contributed by atoms with E-state index in [1.165, 1.54) is 0 Å². The Kier molecular flexibility index (Phi) is 5.23. The average molecular weight is 381 g/mol. The molecule has 0 aliphatic heterocycles. The van der Waals surface area contributed by atoms with Gasteiger partial charge in [-0.3, -0.25) is 0 Å². The van der Waals surface area contributed by atoms with Crippen LogP contribution in [0.25, 0.3) is 11.3 Å². The molecule has 0 radical (unpaired) electrons. The molecular weight excluding hydrogens is 364 g/mol. The summed E-state index contributed by atoms with van der Waals surface area (Å²) < 4.78 is 0.977. The van der Waals surface area contributed by atoms with Crippen LogP contribution in [0.2, 0.25) is 0 Å². The van der Waals surface area contributed by atoms with Crippen molar-refractivity contribution in [2.45, 2.75) is 0 Å². The van der Waals surface area contributed by atoms with E-state index in [-0.39, 0.29) is 0 Å². The van der Waals surface area contributed by atoms with Crippen molar-refractivity contribution in [2.75, 3.05) is 17.2 Å². The van der Waals surface area contributed by atoms with Gasteiger partial charge in [0.05, 0.1) is 11.4 Å². The van der Waals surface area contributed by atoms with Gasteiger partial charge >= 0.3 is 0 Å². The molecule has 2 N–H and O–H groups in total. The first kappa shape index (κ1) is 16.2. The second-order valence-electron chi connectivity index (χ2n) is 5.10. The minimum absolute atomic E-state index is 0.561. The third-order valence-corrected chi connectivity index (χ3v) is 4.03. The fourth-order valence-corrected chi connectivity index (χ4v) is 2.60. The summed E-state index contributed by atoms with van der Waals surface area (Å²) in [6, 6.07) is 19.9. The zero-order chi connectivity index (χ0) is 16.8. The molecule has 3 aromatic rings. The lowest BCUT2D eigenvalue weighted by molar-refractivity contribution is 1.12. The highest BCUT2D eigenvalue weighted by atomic mass is 79.9. The van der Waals surface area contributed by atoms with Crippen molar-refractivity contribution < 1.29 is 0 Å². The Balaban J connectivity index is 1.98. The minimum Gasteiger partial charge on any atom is -0.351 e. The molecule has 0 aliphatic carbocycles. The summed E-state index contributed by atoms with van der Waals surface area (Å²) in [7, 11) is 0. The Hall–Kier alpha value is -2.66. The van der Waals surface area contributed by atoms with Gasteiger partial charge in [0.15, 0.2) is 0 Å². The zero-order valence-corrected chi connectivity index (χ0v) is 14.6. The lowest BCUT2D eigenvalue weighted by Crippen LogP contribution is -2.06. The topological polar surface area (TPSA) is 49.8 Å². The quantitative estimate of drug-likeness (QED) is 0.573. The van der Waals surface area contributed by atoms with Crippen molar-refractivity contribution >= 4 is 33.4 Å². The van der Waals surface area contributed by atoms with E-state index in [4.69, 9.17) is 0 Å². The number of anilines is 3. The SMILES string of the molecule is C=CCNc1nc(Nc2ccccc2Br)cc(-c2ccccc2)n1. The summed E-state index contributed by atoms with van der Waals surface area (Å²) in [5, 5.41) is 6.49. The van der Waals surface area contributed by atoms with E-state index in [2.05, 4.69) is 43.1 Å². The van der Waals surface area contributed by atoms with Gasteiger partial charge in [-0.05, 0) is 28.1 Å². The third-order valence-electron chi connectivity index (χ3n) is 3.34. The van der Waals surface area contributed by atoms with Crippen molar-refractivity contribution in [2.24, 2.45) is 0 Å². The Morgan fingerprint density at radius 1 is 1.00 bits per heavy atom. The first-order chi connectivity index (χ1) is 11.8. The first-order valence-electron chi connectivity index (χ1n) is 7.57. The predicted molar refractivity (Wildman–Crippen MR) is 104 cm³/mol. The number of nitrogens with zero attached hydrogens (tertiary/aromatic N) is 2. The summed E-state index contributed by atoms with van der Waals surface area (Å²) in [5.74, 6) is 1.29.